The van der Waals surface area contributed by atoms with Crippen molar-refractivity contribution in [2.75, 3.05) is 19.6 Å². The summed E-state index contributed by atoms with van der Waals surface area (Å²) in [5, 5.41) is 3.73. The Morgan fingerprint density at radius 2 is 1.90 bits per heavy atom. The number of aryl methyl sites for hydroxylation is 1. The molecule has 0 amide bonds. The first kappa shape index (κ1) is 14.1. The molecule has 2 fully saturated rings. The molecule has 2 heterocycles. The van der Waals surface area contributed by atoms with E-state index in [2.05, 4.69) is 41.4 Å². The van der Waals surface area contributed by atoms with E-state index in [0.29, 0.717) is 12.1 Å². The highest BCUT2D eigenvalue weighted by molar-refractivity contribution is 5.27. The lowest BCUT2D eigenvalue weighted by molar-refractivity contribution is 0.202. The fourth-order valence-corrected chi connectivity index (χ4v) is 3.87. The number of rotatable bonds is 5. The molecule has 2 aliphatic heterocycles. The van der Waals surface area contributed by atoms with E-state index in [0.717, 1.165) is 0 Å². The van der Waals surface area contributed by atoms with E-state index in [1.807, 2.05) is 0 Å². The molecular weight excluding hydrogens is 244 g/mol. The Labute approximate surface area is 123 Å². The van der Waals surface area contributed by atoms with Crippen LogP contribution in [0.25, 0.3) is 0 Å². The standard InChI is InChI=1S/C18H28N2/c1-2-6-15-8-10-16(11-9-15)18(17-7-5-12-19-17)20-13-3-4-14-20/h8-11,17-19H,2-7,12-14H2,1H3. The van der Waals surface area contributed by atoms with Gasteiger partial charge in [0, 0.05) is 6.04 Å². The highest BCUT2D eigenvalue weighted by Gasteiger charge is 2.32. The highest BCUT2D eigenvalue weighted by Crippen LogP contribution is 2.32. The third-order valence-electron chi connectivity index (χ3n) is 4.87. The van der Waals surface area contributed by atoms with Crippen molar-refractivity contribution in [3.63, 3.8) is 0 Å². The molecule has 0 radical (unpaired) electrons. The summed E-state index contributed by atoms with van der Waals surface area (Å²) in [5.41, 5.74) is 3.00. The van der Waals surface area contributed by atoms with Gasteiger partial charge in [0.1, 0.15) is 0 Å². The van der Waals surface area contributed by atoms with Gasteiger partial charge in [-0.15, -0.1) is 0 Å². The lowest BCUT2D eigenvalue weighted by Crippen LogP contribution is -2.39. The van der Waals surface area contributed by atoms with Gasteiger partial charge in [-0.3, -0.25) is 4.90 Å². The minimum atomic E-state index is 0.593. The summed E-state index contributed by atoms with van der Waals surface area (Å²) in [6.45, 7) is 6.01. The van der Waals surface area contributed by atoms with Gasteiger partial charge in [0.05, 0.1) is 6.04 Å². The molecule has 3 rings (SSSR count). The molecule has 2 heteroatoms. The average Bonchev–Trinajstić information content (AvgIpc) is 3.15. The van der Waals surface area contributed by atoms with E-state index in [1.54, 1.807) is 0 Å². The molecule has 1 N–H and O–H groups in total. The summed E-state index contributed by atoms with van der Waals surface area (Å²) in [5.74, 6) is 0. The zero-order valence-corrected chi connectivity index (χ0v) is 12.8. The van der Waals surface area contributed by atoms with Crippen molar-refractivity contribution in [2.45, 2.75) is 57.5 Å². The number of nitrogens with zero attached hydrogens (tertiary/aromatic N) is 1. The van der Waals surface area contributed by atoms with Crippen LogP contribution in [0.5, 0.6) is 0 Å². The van der Waals surface area contributed by atoms with Crippen molar-refractivity contribution in [3.05, 3.63) is 35.4 Å². The zero-order chi connectivity index (χ0) is 13.8. The van der Waals surface area contributed by atoms with Gasteiger partial charge >= 0.3 is 0 Å². The van der Waals surface area contributed by atoms with Gasteiger partial charge in [-0.05, 0) is 62.9 Å². The highest BCUT2D eigenvalue weighted by atomic mass is 15.2. The van der Waals surface area contributed by atoms with Crippen LogP contribution in [0.1, 0.15) is 56.2 Å². The summed E-state index contributed by atoms with van der Waals surface area (Å²) in [6.07, 6.45) is 7.85. The molecule has 2 atom stereocenters. The van der Waals surface area contributed by atoms with Crippen LogP contribution in [0.3, 0.4) is 0 Å². The fourth-order valence-electron chi connectivity index (χ4n) is 3.87. The summed E-state index contributed by atoms with van der Waals surface area (Å²) in [4.78, 5) is 2.71. The lowest BCUT2D eigenvalue weighted by Gasteiger charge is -2.33. The zero-order valence-electron chi connectivity index (χ0n) is 12.8. The first-order chi connectivity index (χ1) is 9.88. The maximum Gasteiger partial charge on any atom is 0.0501 e. The van der Waals surface area contributed by atoms with Crippen LogP contribution in [0, 0.1) is 0 Å². The third kappa shape index (κ3) is 3.07. The normalized spacial score (nSPS) is 25.1. The van der Waals surface area contributed by atoms with Crippen LogP contribution in [0.4, 0.5) is 0 Å². The van der Waals surface area contributed by atoms with E-state index in [1.165, 1.54) is 69.3 Å². The van der Waals surface area contributed by atoms with Gasteiger partial charge in [0.2, 0.25) is 0 Å². The predicted molar refractivity (Wildman–Crippen MR) is 85.0 cm³/mol. The number of likely N-dealkylation sites (tertiary alicyclic amines) is 1. The van der Waals surface area contributed by atoms with Crippen molar-refractivity contribution in [1.82, 2.24) is 10.2 Å². The Bertz CT molecular complexity index is 384. The molecule has 2 aliphatic rings. The number of hydrogen-bond acceptors (Lipinski definition) is 2. The molecule has 1 aromatic rings. The minimum Gasteiger partial charge on any atom is -0.312 e. The van der Waals surface area contributed by atoms with Crippen molar-refractivity contribution in [1.29, 1.82) is 0 Å². The molecule has 0 bridgehead atoms. The minimum absolute atomic E-state index is 0.593. The van der Waals surface area contributed by atoms with Crippen LogP contribution in [-0.4, -0.2) is 30.6 Å². The van der Waals surface area contributed by atoms with Gasteiger partial charge in [0.25, 0.3) is 0 Å². The SMILES string of the molecule is CCCc1ccc(C(C2CCCN2)N2CCCC2)cc1. The van der Waals surface area contributed by atoms with Crippen molar-refractivity contribution in [2.24, 2.45) is 0 Å². The molecule has 1 aromatic carbocycles. The summed E-state index contributed by atoms with van der Waals surface area (Å²) in [6, 6.07) is 10.7. The molecule has 0 spiro atoms. The van der Waals surface area contributed by atoms with Gasteiger partial charge in [0.15, 0.2) is 0 Å². The van der Waals surface area contributed by atoms with Crippen molar-refractivity contribution >= 4 is 0 Å². The van der Waals surface area contributed by atoms with Crippen LogP contribution in [-0.2, 0) is 6.42 Å². The van der Waals surface area contributed by atoms with E-state index in [4.69, 9.17) is 0 Å². The average molecular weight is 272 g/mol. The van der Waals surface area contributed by atoms with Crippen molar-refractivity contribution < 1.29 is 0 Å². The summed E-state index contributed by atoms with van der Waals surface area (Å²) < 4.78 is 0. The number of benzene rings is 1. The molecular formula is C18H28N2. The quantitative estimate of drug-likeness (QED) is 0.882. The molecule has 2 unspecified atom stereocenters. The first-order valence-corrected chi connectivity index (χ1v) is 8.45. The topological polar surface area (TPSA) is 15.3 Å². The van der Waals surface area contributed by atoms with Gasteiger partial charge in [-0.25, -0.2) is 0 Å². The van der Waals surface area contributed by atoms with Gasteiger partial charge in [-0.2, -0.15) is 0 Å². The van der Waals surface area contributed by atoms with Crippen LogP contribution in [0.2, 0.25) is 0 Å². The smallest absolute Gasteiger partial charge is 0.0501 e. The Kier molecular flexibility index (Phi) is 4.74. The fraction of sp³-hybridized carbons (Fsp3) is 0.667. The lowest BCUT2D eigenvalue weighted by atomic mass is 9.95. The second-order valence-electron chi connectivity index (χ2n) is 6.38. The molecule has 20 heavy (non-hydrogen) atoms. The summed E-state index contributed by atoms with van der Waals surface area (Å²) >= 11 is 0. The van der Waals surface area contributed by atoms with E-state index in [-0.39, 0.29) is 0 Å². The third-order valence-corrected chi connectivity index (χ3v) is 4.87. The second kappa shape index (κ2) is 6.73. The molecule has 2 saturated heterocycles. The first-order valence-electron chi connectivity index (χ1n) is 8.45. The summed E-state index contributed by atoms with van der Waals surface area (Å²) in [7, 11) is 0. The Hall–Kier alpha value is -0.860. The molecule has 2 nitrogen and oxygen atoms in total. The molecule has 0 aromatic heterocycles. The number of nitrogens with one attached hydrogen (secondary N) is 1. The van der Waals surface area contributed by atoms with Gasteiger partial charge < -0.3 is 5.32 Å². The monoisotopic (exact) mass is 272 g/mol. The maximum atomic E-state index is 3.73. The largest absolute Gasteiger partial charge is 0.312 e. The van der Waals surface area contributed by atoms with E-state index >= 15 is 0 Å². The van der Waals surface area contributed by atoms with E-state index < -0.39 is 0 Å². The number of hydrogen-bond donors (Lipinski definition) is 1. The van der Waals surface area contributed by atoms with E-state index in [9.17, 15) is 0 Å². The van der Waals surface area contributed by atoms with Crippen LogP contribution >= 0.6 is 0 Å². The van der Waals surface area contributed by atoms with Crippen LogP contribution in [0.15, 0.2) is 24.3 Å². The Morgan fingerprint density at radius 3 is 2.50 bits per heavy atom. The maximum absolute atomic E-state index is 3.73. The molecule has 110 valence electrons. The second-order valence-corrected chi connectivity index (χ2v) is 6.38. The Morgan fingerprint density at radius 1 is 1.15 bits per heavy atom. The van der Waals surface area contributed by atoms with Crippen molar-refractivity contribution in [3.8, 4) is 0 Å². The van der Waals surface area contributed by atoms with Crippen LogP contribution < -0.4 is 5.32 Å². The Balaban J connectivity index is 1.79. The predicted octanol–water partition coefficient (Wildman–Crippen LogP) is 3.53. The van der Waals surface area contributed by atoms with Gasteiger partial charge in [-0.1, -0.05) is 37.6 Å². The molecule has 0 saturated carbocycles. The molecule has 0 aliphatic carbocycles.